The van der Waals surface area contributed by atoms with E-state index in [1.54, 1.807) is 6.20 Å². The van der Waals surface area contributed by atoms with E-state index >= 15 is 0 Å². The third-order valence-electron chi connectivity index (χ3n) is 6.55. The average Bonchev–Trinajstić information content (AvgIpc) is 3.67. The van der Waals surface area contributed by atoms with E-state index in [0.717, 1.165) is 53.7 Å². The topological polar surface area (TPSA) is 90.0 Å². The first-order chi connectivity index (χ1) is 15.2. The van der Waals surface area contributed by atoms with Crippen LogP contribution in [0.4, 0.5) is 11.6 Å². The molecule has 31 heavy (non-hydrogen) atoms. The van der Waals surface area contributed by atoms with Crippen molar-refractivity contribution in [3.05, 3.63) is 59.8 Å². The second-order valence-electron chi connectivity index (χ2n) is 8.85. The Labute approximate surface area is 181 Å². The van der Waals surface area contributed by atoms with Gasteiger partial charge in [0.1, 0.15) is 17.5 Å². The molecule has 2 N–H and O–H groups in total. The van der Waals surface area contributed by atoms with E-state index in [1.807, 2.05) is 24.4 Å². The predicted octanol–water partition coefficient (Wildman–Crippen LogP) is 3.35. The van der Waals surface area contributed by atoms with Crippen LogP contribution in [0.3, 0.4) is 0 Å². The van der Waals surface area contributed by atoms with E-state index < -0.39 is 0 Å². The highest BCUT2D eigenvalue weighted by molar-refractivity contribution is 5.65. The highest BCUT2D eigenvalue weighted by atomic mass is 16.5. The van der Waals surface area contributed by atoms with E-state index in [9.17, 15) is 0 Å². The van der Waals surface area contributed by atoms with E-state index in [-0.39, 0.29) is 0 Å². The van der Waals surface area contributed by atoms with Crippen LogP contribution in [-0.2, 0) is 11.2 Å². The predicted molar refractivity (Wildman–Crippen MR) is 119 cm³/mol. The van der Waals surface area contributed by atoms with Gasteiger partial charge >= 0.3 is 0 Å². The Morgan fingerprint density at radius 3 is 2.71 bits per heavy atom. The van der Waals surface area contributed by atoms with Gasteiger partial charge in [0.2, 0.25) is 0 Å². The molecule has 7 nitrogen and oxygen atoms in total. The summed E-state index contributed by atoms with van der Waals surface area (Å²) in [6.07, 6.45) is 9.24. The molecule has 4 fully saturated rings. The van der Waals surface area contributed by atoms with E-state index in [2.05, 4.69) is 27.0 Å². The summed E-state index contributed by atoms with van der Waals surface area (Å²) in [5.74, 6) is 2.99. The fourth-order valence-corrected chi connectivity index (χ4v) is 4.60. The number of piperidine rings is 1. The summed E-state index contributed by atoms with van der Waals surface area (Å²) in [5, 5.41) is 0. The fourth-order valence-electron chi connectivity index (χ4n) is 4.60. The normalized spacial score (nSPS) is 22.6. The monoisotopic (exact) mass is 414 g/mol. The maximum absolute atomic E-state index is 6.20. The molecule has 4 aliphatic rings. The number of fused-ring (bicyclic) bond motifs is 3. The number of hydrogen-bond donors (Lipinski definition) is 1. The molecule has 0 amide bonds. The molecule has 6 heterocycles. The van der Waals surface area contributed by atoms with Crippen molar-refractivity contribution in [1.29, 1.82) is 0 Å². The summed E-state index contributed by atoms with van der Waals surface area (Å²) in [4.78, 5) is 21.2. The first kappa shape index (κ1) is 18.7. The second-order valence-corrected chi connectivity index (χ2v) is 8.85. The van der Waals surface area contributed by atoms with Crippen molar-refractivity contribution in [3.8, 4) is 11.3 Å². The number of nitrogens with zero attached hydrogens (tertiary/aromatic N) is 5. The number of morpholine rings is 1. The Morgan fingerprint density at radius 2 is 2.00 bits per heavy atom. The SMILES string of the molecule is Nc1ncc(-c2cc(N3C[C@@H]4CC[C@H]3CO4)nc(C3CC3)n2)cc1Cc1ccccn1. The lowest BCUT2D eigenvalue weighted by atomic mass is 9.97. The van der Waals surface area contributed by atoms with Crippen molar-refractivity contribution in [3.63, 3.8) is 0 Å². The van der Waals surface area contributed by atoms with Crippen molar-refractivity contribution >= 4 is 11.6 Å². The third kappa shape index (κ3) is 3.74. The lowest BCUT2D eigenvalue weighted by molar-refractivity contribution is -0.0228. The van der Waals surface area contributed by atoms with Crippen molar-refractivity contribution in [2.75, 3.05) is 23.8 Å². The summed E-state index contributed by atoms with van der Waals surface area (Å²) in [6.45, 7) is 1.70. The summed E-state index contributed by atoms with van der Waals surface area (Å²) >= 11 is 0. The number of nitrogen functional groups attached to an aromatic ring is 1. The molecule has 2 bridgehead atoms. The zero-order valence-corrected chi connectivity index (χ0v) is 17.4. The molecule has 7 heteroatoms. The van der Waals surface area contributed by atoms with E-state index in [1.165, 1.54) is 19.3 Å². The van der Waals surface area contributed by atoms with Crippen LogP contribution in [0.25, 0.3) is 11.3 Å². The summed E-state index contributed by atoms with van der Waals surface area (Å²) < 4.78 is 5.90. The molecule has 1 saturated carbocycles. The minimum Gasteiger partial charge on any atom is -0.383 e. The van der Waals surface area contributed by atoms with Crippen molar-refractivity contribution in [2.24, 2.45) is 0 Å². The van der Waals surface area contributed by atoms with Gasteiger partial charge in [-0.1, -0.05) is 6.07 Å². The van der Waals surface area contributed by atoms with Crippen LogP contribution >= 0.6 is 0 Å². The molecule has 2 atom stereocenters. The van der Waals surface area contributed by atoms with E-state index in [4.69, 9.17) is 20.4 Å². The minimum atomic E-state index is 0.316. The van der Waals surface area contributed by atoms with Crippen molar-refractivity contribution < 1.29 is 4.74 Å². The molecule has 0 aromatic carbocycles. The first-order valence-electron chi connectivity index (χ1n) is 11.1. The smallest absolute Gasteiger partial charge is 0.134 e. The Bertz CT molecular complexity index is 1090. The zero-order chi connectivity index (χ0) is 20.8. The molecule has 1 aliphatic carbocycles. The molecule has 3 aromatic rings. The fraction of sp³-hybridized carbons (Fsp3) is 0.417. The maximum atomic E-state index is 6.20. The molecule has 7 rings (SSSR count). The summed E-state index contributed by atoms with van der Waals surface area (Å²) in [5.41, 5.74) is 10.0. The van der Waals surface area contributed by atoms with Gasteiger partial charge in [0.05, 0.1) is 24.4 Å². The minimum absolute atomic E-state index is 0.316. The Morgan fingerprint density at radius 1 is 1.06 bits per heavy atom. The van der Waals surface area contributed by atoms with Crippen LogP contribution < -0.4 is 10.6 Å². The lowest BCUT2D eigenvalue weighted by Gasteiger charge is -2.45. The number of aromatic nitrogens is 4. The number of nitrogens with two attached hydrogens (primary N) is 1. The van der Waals surface area contributed by atoms with Gasteiger partial charge in [0, 0.05) is 54.2 Å². The van der Waals surface area contributed by atoms with Gasteiger partial charge in [-0.15, -0.1) is 0 Å². The number of hydrogen-bond acceptors (Lipinski definition) is 7. The van der Waals surface area contributed by atoms with Crippen LogP contribution in [0, 0.1) is 0 Å². The molecule has 0 radical (unpaired) electrons. The van der Waals surface area contributed by atoms with Gasteiger partial charge in [0.25, 0.3) is 0 Å². The average molecular weight is 415 g/mol. The second kappa shape index (κ2) is 7.57. The number of pyridine rings is 2. The molecular weight excluding hydrogens is 388 g/mol. The molecular formula is C24H26N6O. The lowest BCUT2D eigenvalue weighted by Crippen LogP contribution is -2.54. The number of rotatable bonds is 5. The summed E-state index contributed by atoms with van der Waals surface area (Å²) in [6, 6.07) is 10.5. The van der Waals surface area contributed by atoms with Crippen molar-refractivity contribution in [1.82, 2.24) is 19.9 Å². The standard InChI is InChI=1S/C24H26N6O/c25-23-16(10-18-3-1-2-8-26-18)9-17(12-27-23)21-11-22(29-24(28-21)15-4-5-15)30-13-20-7-6-19(30)14-31-20/h1-3,8-9,11-12,15,19-20H,4-7,10,13-14H2,(H2,25,27)/t19-,20-/m0/s1. The molecule has 0 unspecified atom stereocenters. The molecule has 3 aromatic heterocycles. The maximum Gasteiger partial charge on any atom is 0.134 e. The third-order valence-corrected chi connectivity index (χ3v) is 6.55. The highest BCUT2D eigenvalue weighted by Gasteiger charge is 2.36. The van der Waals surface area contributed by atoms with Gasteiger partial charge < -0.3 is 15.4 Å². The van der Waals surface area contributed by atoms with Crippen molar-refractivity contribution in [2.45, 2.75) is 50.2 Å². The van der Waals surface area contributed by atoms with Gasteiger partial charge in [-0.25, -0.2) is 15.0 Å². The van der Waals surface area contributed by atoms with Crippen LogP contribution in [-0.4, -0.2) is 45.2 Å². The quantitative estimate of drug-likeness (QED) is 0.685. The molecule has 0 spiro atoms. The largest absolute Gasteiger partial charge is 0.383 e. The first-order valence-corrected chi connectivity index (χ1v) is 11.1. The Hall–Kier alpha value is -3.06. The van der Waals surface area contributed by atoms with Gasteiger partial charge in [0.15, 0.2) is 0 Å². The van der Waals surface area contributed by atoms with Gasteiger partial charge in [-0.05, 0) is 43.9 Å². The number of anilines is 2. The molecule has 3 saturated heterocycles. The van der Waals surface area contributed by atoms with Gasteiger partial charge in [-0.3, -0.25) is 4.98 Å². The van der Waals surface area contributed by atoms with Crippen LogP contribution in [0.2, 0.25) is 0 Å². The molecule has 158 valence electrons. The summed E-state index contributed by atoms with van der Waals surface area (Å²) in [7, 11) is 0. The highest BCUT2D eigenvalue weighted by Crippen LogP contribution is 2.40. The zero-order valence-electron chi connectivity index (χ0n) is 17.4. The van der Waals surface area contributed by atoms with Crippen LogP contribution in [0.1, 0.15) is 48.7 Å². The number of ether oxygens (including phenoxy) is 1. The van der Waals surface area contributed by atoms with Crippen LogP contribution in [0.15, 0.2) is 42.7 Å². The van der Waals surface area contributed by atoms with Crippen LogP contribution in [0.5, 0.6) is 0 Å². The Balaban J connectivity index is 1.37. The van der Waals surface area contributed by atoms with E-state index in [0.29, 0.717) is 30.3 Å². The Kier molecular flexibility index (Phi) is 4.56. The molecule has 3 aliphatic heterocycles. The van der Waals surface area contributed by atoms with Gasteiger partial charge in [-0.2, -0.15) is 0 Å².